The number of rotatable bonds is 2. The van der Waals surface area contributed by atoms with Crippen LogP contribution in [0.15, 0.2) is 62.8 Å². The molecule has 5 heteroatoms. The third-order valence-corrected chi connectivity index (χ3v) is 3.78. The Morgan fingerprint density at radius 3 is 1.67 bits per heavy atom. The van der Waals surface area contributed by atoms with E-state index >= 15 is 0 Å². The van der Waals surface area contributed by atoms with Gasteiger partial charge in [-0.1, -0.05) is 27.7 Å². The number of hydrogen-bond acceptors (Lipinski definition) is 1. The molecule has 0 N–H and O–H groups in total. The fourth-order valence-electron chi connectivity index (χ4n) is 1.35. The van der Waals surface area contributed by atoms with Crippen LogP contribution in [0.4, 0.5) is 13.2 Å². The van der Waals surface area contributed by atoms with Crippen LogP contribution in [0.2, 0.25) is 0 Å². The van der Waals surface area contributed by atoms with Gasteiger partial charge in [-0.3, -0.25) is 0 Å². The van der Waals surface area contributed by atoms with Crippen LogP contribution in [-0.2, 0) is 6.18 Å². The van der Waals surface area contributed by atoms with Crippen LogP contribution in [0, 0.1) is 0 Å². The highest BCUT2D eigenvalue weighted by molar-refractivity contribution is 9.10. The molecule has 0 amide bonds. The van der Waals surface area contributed by atoms with Gasteiger partial charge in [-0.2, -0.15) is 13.2 Å². The number of hydrogen-bond donors (Lipinski definition) is 0. The van der Waals surface area contributed by atoms with Gasteiger partial charge < -0.3 is 0 Å². The highest BCUT2D eigenvalue weighted by Gasteiger charge is 2.29. The molecule has 0 unspecified atom stereocenters. The van der Waals surface area contributed by atoms with Crippen LogP contribution >= 0.6 is 27.7 Å². The first-order valence-corrected chi connectivity index (χ1v) is 6.67. The van der Waals surface area contributed by atoms with E-state index in [0.29, 0.717) is 0 Å². The first-order chi connectivity index (χ1) is 8.45. The van der Waals surface area contributed by atoms with Crippen molar-refractivity contribution in [3.63, 3.8) is 0 Å². The maximum absolute atomic E-state index is 12.4. The first-order valence-electron chi connectivity index (χ1n) is 5.06. The number of halogens is 4. The van der Waals surface area contributed by atoms with Crippen molar-refractivity contribution in [2.45, 2.75) is 16.0 Å². The fraction of sp³-hybridized carbons (Fsp3) is 0.0769. The summed E-state index contributed by atoms with van der Waals surface area (Å²) in [4.78, 5) is 1.77. The van der Waals surface area contributed by atoms with Crippen LogP contribution in [0.1, 0.15) is 5.56 Å². The van der Waals surface area contributed by atoms with Crippen molar-refractivity contribution < 1.29 is 13.2 Å². The fourth-order valence-corrected chi connectivity index (χ4v) is 2.43. The van der Waals surface area contributed by atoms with Gasteiger partial charge in [0.05, 0.1) is 5.56 Å². The maximum Gasteiger partial charge on any atom is 0.416 e. The first kappa shape index (κ1) is 13.5. The zero-order chi connectivity index (χ0) is 13.2. The lowest BCUT2D eigenvalue weighted by molar-refractivity contribution is -0.137. The van der Waals surface area contributed by atoms with E-state index in [4.69, 9.17) is 0 Å². The molecule has 2 aromatic carbocycles. The predicted molar refractivity (Wildman–Crippen MR) is 69.7 cm³/mol. The van der Waals surface area contributed by atoms with Crippen molar-refractivity contribution >= 4 is 27.7 Å². The van der Waals surface area contributed by atoms with E-state index in [2.05, 4.69) is 15.9 Å². The Kier molecular flexibility index (Phi) is 4.02. The third-order valence-electron chi connectivity index (χ3n) is 2.23. The Balaban J connectivity index is 2.13. The monoisotopic (exact) mass is 332 g/mol. The van der Waals surface area contributed by atoms with E-state index in [1.54, 1.807) is 0 Å². The van der Waals surface area contributed by atoms with Gasteiger partial charge in [-0.15, -0.1) is 0 Å². The highest BCUT2D eigenvalue weighted by Crippen LogP contribution is 2.33. The van der Waals surface area contributed by atoms with Crippen molar-refractivity contribution in [2.24, 2.45) is 0 Å². The Morgan fingerprint density at radius 1 is 0.778 bits per heavy atom. The lowest BCUT2D eigenvalue weighted by atomic mass is 10.2. The molecule has 0 nitrogen and oxygen atoms in total. The van der Waals surface area contributed by atoms with Crippen LogP contribution < -0.4 is 0 Å². The van der Waals surface area contributed by atoms with E-state index < -0.39 is 11.7 Å². The second-order valence-electron chi connectivity index (χ2n) is 3.58. The molecule has 0 heterocycles. The van der Waals surface area contributed by atoms with E-state index in [0.717, 1.165) is 26.4 Å². The Labute approximate surface area is 115 Å². The lowest BCUT2D eigenvalue weighted by Gasteiger charge is -2.07. The molecule has 0 fully saturated rings. The number of benzene rings is 2. The largest absolute Gasteiger partial charge is 0.416 e. The van der Waals surface area contributed by atoms with Crippen molar-refractivity contribution in [2.75, 3.05) is 0 Å². The van der Waals surface area contributed by atoms with Gasteiger partial charge in [0.15, 0.2) is 0 Å². The second kappa shape index (κ2) is 5.36. The Bertz CT molecular complexity index is 517. The van der Waals surface area contributed by atoms with Gasteiger partial charge in [-0.05, 0) is 48.5 Å². The smallest absolute Gasteiger partial charge is 0.166 e. The number of alkyl halides is 3. The molecule has 0 saturated carbocycles. The minimum Gasteiger partial charge on any atom is -0.166 e. The topological polar surface area (TPSA) is 0 Å². The summed E-state index contributed by atoms with van der Waals surface area (Å²) in [6, 6.07) is 12.8. The quantitative estimate of drug-likeness (QED) is 0.687. The molecule has 18 heavy (non-hydrogen) atoms. The summed E-state index contributed by atoms with van der Waals surface area (Å²) in [5.74, 6) is 0. The van der Waals surface area contributed by atoms with Gasteiger partial charge >= 0.3 is 6.18 Å². The minimum absolute atomic E-state index is 0.623. The van der Waals surface area contributed by atoms with Crippen LogP contribution in [0.5, 0.6) is 0 Å². The van der Waals surface area contributed by atoms with Crippen molar-refractivity contribution in [3.8, 4) is 0 Å². The van der Waals surface area contributed by atoms with Gasteiger partial charge in [-0.25, -0.2) is 0 Å². The van der Waals surface area contributed by atoms with Crippen molar-refractivity contribution in [1.82, 2.24) is 0 Å². The summed E-state index contributed by atoms with van der Waals surface area (Å²) >= 11 is 4.76. The molecule has 2 rings (SSSR count). The summed E-state index contributed by atoms with van der Waals surface area (Å²) in [7, 11) is 0. The van der Waals surface area contributed by atoms with Crippen LogP contribution in [0.25, 0.3) is 0 Å². The molecule has 0 bridgehead atoms. The summed E-state index contributed by atoms with van der Waals surface area (Å²) in [6.07, 6.45) is -4.28. The normalized spacial score (nSPS) is 11.6. The standard InChI is InChI=1S/C13H8BrF3S/c14-10-3-7-12(8-4-10)18-11-5-1-9(2-6-11)13(15,16)17/h1-8H. The maximum atomic E-state index is 12.4. The van der Waals surface area contributed by atoms with Gasteiger partial charge in [0, 0.05) is 14.3 Å². The van der Waals surface area contributed by atoms with Gasteiger partial charge in [0.2, 0.25) is 0 Å². The molecule has 0 aromatic heterocycles. The van der Waals surface area contributed by atoms with Crippen molar-refractivity contribution in [1.29, 1.82) is 0 Å². The molecule has 94 valence electrons. The predicted octanol–water partition coefficient (Wildman–Crippen LogP) is 5.62. The molecule has 0 aliphatic heterocycles. The molecule has 0 spiro atoms. The minimum atomic E-state index is -4.28. The molecule has 0 saturated heterocycles. The molecule has 0 radical (unpaired) electrons. The van der Waals surface area contributed by atoms with E-state index in [-0.39, 0.29) is 0 Å². The van der Waals surface area contributed by atoms with Crippen LogP contribution in [0.3, 0.4) is 0 Å². The summed E-state index contributed by atoms with van der Waals surface area (Å²) in [5.41, 5.74) is -0.623. The molecule has 2 aromatic rings. The third kappa shape index (κ3) is 3.53. The molecule has 0 atom stereocenters. The average Bonchev–Trinajstić information content (AvgIpc) is 2.32. The zero-order valence-corrected chi connectivity index (χ0v) is 11.4. The molecule has 0 aliphatic carbocycles. The zero-order valence-electron chi connectivity index (χ0n) is 9.04. The Hall–Kier alpha value is -0.940. The Morgan fingerprint density at radius 2 is 1.22 bits per heavy atom. The summed E-state index contributed by atoms with van der Waals surface area (Å²) in [5, 5.41) is 0. The lowest BCUT2D eigenvalue weighted by Crippen LogP contribution is -2.03. The van der Waals surface area contributed by atoms with Gasteiger partial charge in [0.1, 0.15) is 0 Å². The summed E-state index contributed by atoms with van der Waals surface area (Å²) < 4.78 is 38.1. The second-order valence-corrected chi connectivity index (χ2v) is 5.64. The van der Waals surface area contributed by atoms with Crippen LogP contribution in [-0.4, -0.2) is 0 Å². The summed E-state index contributed by atoms with van der Waals surface area (Å²) in [6.45, 7) is 0. The average molecular weight is 333 g/mol. The van der Waals surface area contributed by atoms with Crippen molar-refractivity contribution in [3.05, 3.63) is 58.6 Å². The van der Waals surface area contributed by atoms with Gasteiger partial charge in [0.25, 0.3) is 0 Å². The molecule has 0 aliphatic rings. The molecular formula is C13H8BrF3S. The van der Waals surface area contributed by atoms with E-state index in [1.165, 1.54) is 23.9 Å². The molecular weight excluding hydrogens is 325 g/mol. The highest BCUT2D eigenvalue weighted by atomic mass is 79.9. The SMILES string of the molecule is FC(F)(F)c1ccc(Sc2ccc(Br)cc2)cc1. The van der Waals surface area contributed by atoms with E-state index in [9.17, 15) is 13.2 Å². The van der Waals surface area contributed by atoms with E-state index in [1.807, 2.05) is 24.3 Å².